The molecule has 0 heterocycles. The molecule has 0 N–H and O–H groups in total. The van der Waals surface area contributed by atoms with Gasteiger partial charge >= 0.3 is 71.1 Å². The second-order valence-corrected chi connectivity index (χ2v) is 8.58. The van der Waals surface area contributed by atoms with E-state index in [0.717, 1.165) is 19.3 Å². The van der Waals surface area contributed by atoms with Gasteiger partial charge in [0.1, 0.15) is 6.61 Å². The number of hydrogen-bond donors (Lipinski definition) is 0. The first kappa shape index (κ1) is 41.9. The van der Waals surface area contributed by atoms with E-state index in [-0.39, 0.29) is 65.5 Å². The zero-order chi connectivity index (χ0) is 27.6. The molecule has 0 aromatic carbocycles. The van der Waals surface area contributed by atoms with Crippen molar-refractivity contribution in [3.63, 3.8) is 0 Å². The molecule has 0 bridgehead atoms. The van der Waals surface area contributed by atoms with E-state index in [1.165, 1.54) is 32.1 Å². The van der Waals surface area contributed by atoms with Crippen LogP contribution in [-0.4, -0.2) is 31.3 Å². The van der Waals surface area contributed by atoms with Crippen LogP contribution in [0.2, 0.25) is 0 Å². The number of carbonyl (C=O) groups excluding carboxylic acids is 2. The molecular formula is C28H29Na2O8P. The Labute approximate surface area is 276 Å². The second-order valence-electron chi connectivity index (χ2n) is 7.43. The minimum Gasteiger partial charge on any atom is -0.790 e. The number of terminal acetylenes is 1. The zero-order valence-electron chi connectivity index (χ0n) is 22.9. The Kier molecular flexibility index (Phi) is 31.6. The molecule has 0 saturated heterocycles. The third-order valence-corrected chi connectivity index (χ3v) is 4.80. The summed E-state index contributed by atoms with van der Waals surface area (Å²) in [7, 11) is -5.31. The first-order valence-corrected chi connectivity index (χ1v) is 13.2. The van der Waals surface area contributed by atoms with Crippen LogP contribution in [0, 0.1) is 71.5 Å². The van der Waals surface area contributed by atoms with Crippen LogP contribution < -0.4 is 68.9 Å². The average Bonchev–Trinajstić information content (AvgIpc) is 2.85. The number of unbranched alkanes of at least 4 members (excludes halogenated alkanes) is 8. The molecule has 0 saturated carbocycles. The molecule has 0 aliphatic heterocycles. The van der Waals surface area contributed by atoms with E-state index < -0.39 is 39.1 Å². The molecule has 0 aromatic heterocycles. The van der Waals surface area contributed by atoms with E-state index in [9.17, 15) is 23.9 Å². The Bertz CT molecular complexity index is 1130. The van der Waals surface area contributed by atoms with Crippen molar-refractivity contribution in [3.8, 4) is 71.5 Å². The van der Waals surface area contributed by atoms with Crippen LogP contribution in [0.25, 0.3) is 0 Å². The average molecular weight is 570 g/mol. The third-order valence-electron chi connectivity index (χ3n) is 4.34. The van der Waals surface area contributed by atoms with Crippen LogP contribution in [-0.2, 0) is 28.2 Å². The van der Waals surface area contributed by atoms with Crippen molar-refractivity contribution in [1.82, 2.24) is 0 Å². The molecule has 39 heavy (non-hydrogen) atoms. The minimum atomic E-state index is -5.31. The summed E-state index contributed by atoms with van der Waals surface area (Å²) in [5.74, 6) is 23.4. The Morgan fingerprint density at radius 3 is 1.77 bits per heavy atom. The molecule has 196 valence electrons. The monoisotopic (exact) mass is 570 g/mol. The van der Waals surface area contributed by atoms with E-state index in [1.54, 1.807) is 0 Å². The van der Waals surface area contributed by atoms with Gasteiger partial charge in [0, 0.05) is 12.3 Å². The van der Waals surface area contributed by atoms with Crippen LogP contribution in [0.3, 0.4) is 0 Å². The summed E-state index contributed by atoms with van der Waals surface area (Å²) in [6.45, 7) is 0.831. The van der Waals surface area contributed by atoms with Gasteiger partial charge in [-0.1, -0.05) is 58.3 Å². The molecular weight excluding hydrogens is 541 g/mol. The molecule has 8 nitrogen and oxygen atoms in total. The van der Waals surface area contributed by atoms with Crippen molar-refractivity contribution in [2.45, 2.75) is 77.2 Å². The summed E-state index contributed by atoms with van der Waals surface area (Å²) < 4.78 is 24.9. The van der Waals surface area contributed by atoms with Crippen molar-refractivity contribution in [1.29, 1.82) is 0 Å². The number of phosphoric acid groups is 1. The summed E-state index contributed by atoms with van der Waals surface area (Å²) in [5, 5.41) is 0. The van der Waals surface area contributed by atoms with E-state index in [2.05, 4.69) is 76.6 Å². The molecule has 0 rings (SSSR count). The Morgan fingerprint density at radius 1 is 0.769 bits per heavy atom. The molecule has 0 fully saturated rings. The van der Waals surface area contributed by atoms with E-state index in [0.29, 0.717) is 6.42 Å². The summed E-state index contributed by atoms with van der Waals surface area (Å²) in [6, 6.07) is 0. The van der Waals surface area contributed by atoms with Gasteiger partial charge in [0.05, 0.1) is 14.4 Å². The van der Waals surface area contributed by atoms with E-state index >= 15 is 0 Å². The summed E-state index contributed by atoms with van der Waals surface area (Å²) >= 11 is 0. The number of rotatable bonds is 16. The maximum Gasteiger partial charge on any atom is 1.00 e. The molecule has 0 spiro atoms. The molecule has 0 radical (unpaired) electrons. The predicted molar refractivity (Wildman–Crippen MR) is 134 cm³/mol. The summed E-state index contributed by atoms with van der Waals surface area (Å²) in [6.07, 6.45) is 13.3. The van der Waals surface area contributed by atoms with Crippen molar-refractivity contribution < 1.29 is 97.1 Å². The van der Waals surface area contributed by atoms with Gasteiger partial charge in [-0.05, 0) is 65.6 Å². The van der Waals surface area contributed by atoms with Gasteiger partial charge in [-0.25, -0.2) is 4.79 Å². The normalized spacial score (nSPS) is 9.49. The third kappa shape index (κ3) is 32.5. The van der Waals surface area contributed by atoms with Gasteiger partial charge in [0.2, 0.25) is 0 Å². The van der Waals surface area contributed by atoms with Crippen LogP contribution in [0.1, 0.15) is 71.1 Å². The quantitative estimate of drug-likeness (QED) is 0.0458. The fraction of sp³-hybridized carbons (Fsp3) is 0.500. The fourth-order valence-corrected chi connectivity index (χ4v) is 3.01. The topological polar surface area (TPSA) is 125 Å². The van der Waals surface area contributed by atoms with Crippen LogP contribution in [0.15, 0.2) is 0 Å². The van der Waals surface area contributed by atoms with Gasteiger partial charge in [-0.3, -0.25) is 4.79 Å². The standard InChI is InChI=1S/C28H31O8P.2Na/c1-3-5-7-9-11-13-15-16-18-20-22-27(29)34-24-26(25-35-37(31,32)33)36-28(30)23-21-19-17-14-12-10-8-6-4-2;;/h1,26H,4,6,8,10,12,14,17,19,21,23-25H2,2H3,(H2,31,32,33);;/q;2*+1/p-2/t26-;;/m0../s1. The molecule has 0 aliphatic carbocycles. The minimum absolute atomic E-state index is 0. The summed E-state index contributed by atoms with van der Waals surface area (Å²) in [4.78, 5) is 45.3. The first-order chi connectivity index (χ1) is 17.8. The predicted octanol–water partition coefficient (Wildman–Crippen LogP) is -4.13. The molecule has 0 aromatic rings. The number of phosphoric ester groups is 1. The van der Waals surface area contributed by atoms with Gasteiger partial charge in [-0.2, -0.15) is 0 Å². The number of ether oxygens (including phenoxy) is 2. The zero-order valence-corrected chi connectivity index (χ0v) is 27.7. The first-order valence-electron chi connectivity index (χ1n) is 11.8. The Hall–Kier alpha value is -1.59. The molecule has 0 amide bonds. The Morgan fingerprint density at radius 2 is 1.26 bits per heavy atom. The molecule has 0 aliphatic rings. The van der Waals surface area contributed by atoms with Gasteiger partial charge < -0.3 is 28.3 Å². The molecule has 1 atom stereocenters. The fourth-order valence-electron chi connectivity index (χ4n) is 2.66. The van der Waals surface area contributed by atoms with Gasteiger partial charge in [0.25, 0.3) is 0 Å². The largest absolute Gasteiger partial charge is 1.00 e. The number of hydrogen-bond acceptors (Lipinski definition) is 8. The molecule has 0 unspecified atom stereocenters. The van der Waals surface area contributed by atoms with Crippen molar-refractivity contribution >= 4 is 19.8 Å². The van der Waals surface area contributed by atoms with E-state index in [1.807, 2.05) is 0 Å². The SMILES string of the molecule is C#CC#CC#CC#CC#CC#CC(=O)OC[C@@H](COP(=O)([O-])[O-])OC(=O)CCCCCCCCCCC.[Na+].[Na+]. The van der Waals surface area contributed by atoms with Gasteiger partial charge in [0.15, 0.2) is 6.10 Å². The van der Waals surface area contributed by atoms with Crippen LogP contribution >= 0.6 is 7.82 Å². The maximum atomic E-state index is 12.1. The maximum absolute atomic E-state index is 12.1. The second kappa shape index (κ2) is 29.4. The van der Waals surface area contributed by atoms with Crippen molar-refractivity contribution in [3.05, 3.63) is 0 Å². The van der Waals surface area contributed by atoms with Gasteiger partial charge in [-0.15, -0.1) is 6.42 Å². The van der Waals surface area contributed by atoms with E-state index in [4.69, 9.17) is 15.9 Å². The van der Waals surface area contributed by atoms with Crippen LogP contribution in [0.4, 0.5) is 0 Å². The van der Waals surface area contributed by atoms with Crippen molar-refractivity contribution in [2.24, 2.45) is 0 Å². The van der Waals surface area contributed by atoms with Crippen molar-refractivity contribution in [2.75, 3.05) is 13.2 Å². The molecule has 11 heteroatoms. The smallest absolute Gasteiger partial charge is 0.790 e. The number of carbonyl (C=O) groups is 2. The Balaban J connectivity index is -0.00000648. The summed E-state index contributed by atoms with van der Waals surface area (Å²) in [5.41, 5.74) is 0. The number of esters is 2. The van der Waals surface area contributed by atoms with Crippen LogP contribution in [0.5, 0.6) is 0 Å².